The Bertz CT molecular complexity index is 1080. The Balaban J connectivity index is 1.47. The molecular weight excluding hydrogens is 473 g/mol. The molecule has 32 heavy (non-hydrogen) atoms. The van der Waals surface area contributed by atoms with E-state index < -0.39 is 11.9 Å². The molecule has 0 bridgehead atoms. The fourth-order valence-electron chi connectivity index (χ4n) is 3.44. The van der Waals surface area contributed by atoms with Crippen LogP contribution in [0.2, 0.25) is 10.0 Å². The Morgan fingerprint density at radius 2 is 2.09 bits per heavy atom. The summed E-state index contributed by atoms with van der Waals surface area (Å²) in [5.41, 5.74) is 1.32. The maximum absolute atomic E-state index is 11.1. The van der Waals surface area contributed by atoms with Crippen LogP contribution in [0, 0.1) is 0 Å². The number of ether oxygens (including phenoxy) is 2. The number of hydrogen-bond donors (Lipinski definition) is 1. The van der Waals surface area contributed by atoms with E-state index in [0.717, 1.165) is 4.90 Å². The van der Waals surface area contributed by atoms with Crippen molar-refractivity contribution < 1.29 is 19.4 Å². The van der Waals surface area contributed by atoms with Gasteiger partial charge in [-0.2, -0.15) is 0 Å². The van der Waals surface area contributed by atoms with Crippen LogP contribution >= 0.6 is 35.0 Å². The molecule has 1 aliphatic rings. The maximum atomic E-state index is 11.1. The zero-order valence-electron chi connectivity index (χ0n) is 17.1. The van der Waals surface area contributed by atoms with Crippen LogP contribution in [0.1, 0.15) is 5.56 Å². The molecule has 2 heterocycles. The van der Waals surface area contributed by atoms with Gasteiger partial charge < -0.3 is 19.1 Å². The lowest BCUT2D eigenvalue weighted by Gasteiger charge is -2.30. The van der Waals surface area contributed by atoms with Crippen molar-refractivity contribution in [1.82, 2.24) is 9.55 Å². The van der Waals surface area contributed by atoms with E-state index in [1.54, 1.807) is 48.6 Å². The van der Waals surface area contributed by atoms with Crippen molar-refractivity contribution in [2.24, 2.45) is 0 Å². The Kier molecular flexibility index (Phi) is 6.97. The van der Waals surface area contributed by atoms with Gasteiger partial charge in [0.05, 0.1) is 30.6 Å². The van der Waals surface area contributed by atoms with Crippen LogP contribution < -0.4 is 4.90 Å². The molecule has 1 aromatic heterocycles. The van der Waals surface area contributed by atoms with Gasteiger partial charge in [-0.05, 0) is 36.4 Å². The molecule has 2 aromatic carbocycles. The van der Waals surface area contributed by atoms with E-state index in [9.17, 15) is 4.79 Å². The second-order valence-corrected chi connectivity index (χ2v) is 9.25. The standard InChI is InChI=1S/C22H21Cl2N3O4S/c1-26(21(28)29)16-3-5-18(6-4-16)32-12-17-11-30-22(31-17,13-27-9-8-25-14-27)19-7-2-15(23)10-20(19)24/h2-10,14,17H,11-13H2,1H3,(H,28,29). The molecule has 1 aliphatic heterocycles. The third-order valence-electron chi connectivity index (χ3n) is 5.10. The highest BCUT2D eigenvalue weighted by atomic mass is 35.5. The Morgan fingerprint density at radius 1 is 1.31 bits per heavy atom. The predicted octanol–water partition coefficient (Wildman–Crippen LogP) is 5.36. The smallest absolute Gasteiger partial charge is 0.411 e. The van der Waals surface area contributed by atoms with E-state index in [-0.39, 0.29) is 6.10 Å². The van der Waals surface area contributed by atoms with Gasteiger partial charge in [-0.25, -0.2) is 9.78 Å². The van der Waals surface area contributed by atoms with E-state index >= 15 is 0 Å². The van der Waals surface area contributed by atoms with Crippen LogP contribution in [0.15, 0.2) is 66.1 Å². The van der Waals surface area contributed by atoms with Crippen molar-refractivity contribution in [3.8, 4) is 0 Å². The number of carboxylic acid groups (broad SMARTS) is 1. The van der Waals surface area contributed by atoms with Crippen LogP contribution in [0.5, 0.6) is 0 Å². The summed E-state index contributed by atoms with van der Waals surface area (Å²) in [5, 5.41) is 10.1. The second kappa shape index (κ2) is 9.72. The number of nitrogens with zero attached hydrogens (tertiary/aromatic N) is 3. The molecule has 0 aliphatic carbocycles. The summed E-state index contributed by atoms with van der Waals surface area (Å²) >= 11 is 14.2. The molecule has 1 N–H and O–H groups in total. The number of amides is 1. The van der Waals surface area contributed by atoms with Crippen LogP contribution in [-0.2, 0) is 21.8 Å². The minimum absolute atomic E-state index is 0.170. The average Bonchev–Trinajstić information content (AvgIpc) is 3.43. The van der Waals surface area contributed by atoms with Crippen molar-refractivity contribution in [2.45, 2.75) is 23.3 Å². The molecule has 168 valence electrons. The first-order chi connectivity index (χ1) is 15.4. The molecule has 10 heteroatoms. The molecule has 0 radical (unpaired) electrons. The lowest BCUT2D eigenvalue weighted by atomic mass is 10.1. The molecule has 3 aromatic rings. The largest absolute Gasteiger partial charge is 0.465 e. The SMILES string of the molecule is CN(C(=O)O)c1ccc(SCC2COC(Cn3ccnc3)(c3ccc(Cl)cc3Cl)O2)cc1. The molecule has 1 fully saturated rings. The number of aromatic nitrogens is 2. The molecular formula is C22H21Cl2N3O4S. The number of anilines is 1. The zero-order valence-corrected chi connectivity index (χ0v) is 19.5. The van der Waals surface area contributed by atoms with Gasteiger partial charge in [-0.15, -0.1) is 11.8 Å². The van der Waals surface area contributed by atoms with Crippen LogP contribution in [0.25, 0.3) is 0 Å². The van der Waals surface area contributed by atoms with Crippen LogP contribution in [0.4, 0.5) is 10.5 Å². The first kappa shape index (κ1) is 22.9. The quantitative estimate of drug-likeness (QED) is 0.446. The van der Waals surface area contributed by atoms with E-state index in [1.807, 2.05) is 29.0 Å². The summed E-state index contributed by atoms with van der Waals surface area (Å²) in [4.78, 5) is 17.4. The second-order valence-electron chi connectivity index (χ2n) is 7.31. The summed E-state index contributed by atoms with van der Waals surface area (Å²) in [6.07, 6.45) is 4.07. The minimum Gasteiger partial charge on any atom is -0.465 e. The van der Waals surface area contributed by atoms with E-state index in [4.69, 9.17) is 37.8 Å². The van der Waals surface area contributed by atoms with Gasteiger partial charge in [0.1, 0.15) is 0 Å². The minimum atomic E-state index is -1.05. The summed E-state index contributed by atoms with van der Waals surface area (Å²) in [6, 6.07) is 12.6. The van der Waals surface area contributed by atoms with Crippen molar-refractivity contribution in [2.75, 3.05) is 24.3 Å². The van der Waals surface area contributed by atoms with Gasteiger partial charge in [0.15, 0.2) is 0 Å². The fourth-order valence-corrected chi connectivity index (χ4v) is 4.86. The van der Waals surface area contributed by atoms with Crippen molar-refractivity contribution in [3.05, 3.63) is 76.8 Å². The number of thioether (sulfide) groups is 1. The van der Waals surface area contributed by atoms with Gasteiger partial charge in [0.25, 0.3) is 0 Å². The first-order valence-corrected chi connectivity index (χ1v) is 11.5. The molecule has 2 atom stereocenters. The molecule has 2 unspecified atom stereocenters. The van der Waals surface area contributed by atoms with Gasteiger partial charge in [0, 0.05) is 46.4 Å². The first-order valence-electron chi connectivity index (χ1n) is 9.79. The number of rotatable bonds is 7. The normalized spacial score (nSPS) is 20.4. The highest BCUT2D eigenvalue weighted by molar-refractivity contribution is 7.99. The van der Waals surface area contributed by atoms with Gasteiger partial charge in [-0.3, -0.25) is 4.90 Å². The third-order valence-corrected chi connectivity index (χ3v) is 6.79. The lowest BCUT2D eigenvalue weighted by molar-refractivity contribution is -0.184. The average molecular weight is 494 g/mol. The highest BCUT2D eigenvalue weighted by Gasteiger charge is 2.45. The third kappa shape index (κ3) is 5.05. The molecule has 1 amide bonds. The van der Waals surface area contributed by atoms with Crippen LogP contribution in [-0.4, -0.2) is 46.3 Å². The summed E-state index contributed by atoms with van der Waals surface area (Å²) in [6.45, 7) is 0.798. The van der Waals surface area contributed by atoms with E-state index in [2.05, 4.69) is 4.98 Å². The molecule has 0 spiro atoms. The predicted molar refractivity (Wildman–Crippen MR) is 125 cm³/mol. The Labute approximate surface area is 199 Å². The monoisotopic (exact) mass is 493 g/mol. The van der Waals surface area contributed by atoms with E-state index in [0.29, 0.717) is 40.2 Å². The highest BCUT2D eigenvalue weighted by Crippen LogP contribution is 2.41. The van der Waals surface area contributed by atoms with E-state index in [1.165, 1.54) is 11.9 Å². The summed E-state index contributed by atoms with van der Waals surface area (Å²) < 4.78 is 14.5. The van der Waals surface area contributed by atoms with Crippen molar-refractivity contribution >= 4 is 46.7 Å². The fraction of sp³-hybridized carbons (Fsp3) is 0.273. The number of carbonyl (C=O) groups is 1. The molecule has 0 saturated carbocycles. The number of imidazole rings is 1. The topological polar surface area (TPSA) is 76.8 Å². The Hall–Kier alpha value is -2.23. The number of hydrogen-bond acceptors (Lipinski definition) is 5. The van der Waals surface area contributed by atoms with Crippen molar-refractivity contribution in [3.63, 3.8) is 0 Å². The van der Waals surface area contributed by atoms with Gasteiger partial charge in [-0.1, -0.05) is 29.3 Å². The molecule has 4 rings (SSSR count). The summed E-state index contributed by atoms with van der Waals surface area (Å²) in [7, 11) is 1.51. The Morgan fingerprint density at radius 3 is 2.75 bits per heavy atom. The number of halogens is 2. The van der Waals surface area contributed by atoms with Crippen LogP contribution in [0.3, 0.4) is 0 Å². The van der Waals surface area contributed by atoms with Crippen molar-refractivity contribution in [1.29, 1.82) is 0 Å². The molecule has 7 nitrogen and oxygen atoms in total. The van der Waals surface area contributed by atoms with Gasteiger partial charge in [0.2, 0.25) is 5.79 Å². The van der Waals surface area contributed by atoms with Gasteiger partial charge >= 0.3 is 6.09 Å². The number of benzene rings is 2. The summed E-state index contributed by atoms with van der Waals surface area (Å²) in [5.74, 6) is -0.396. The maximum Gasteiger partial charge on any atom is 0.411 e. The lowest BCUT2D eigenvalue weighted by Crippen LogP contribution is -2.34. The molecule has 1 saturated heterocycles. The zero-order chi connectivity index (χ0) is 22.7.